The number of piperidine rings is 1. The zero-order valence-electron chi connectivity index (χ0n) is 20.2. The molecule has 2 aliphatic heterocycles. The van der Waals surface area contributed by atoms with Crippen molar-refractivity contribution in [2.75, 3.05) is 24.5 Å². The number of alkyl halides is 1. The summed E-state index contributed by atoms with van der Waals surface area (Å²) < 4.78 is 44.6. The second-order valence-electron chi connectivity index (χ2n) is 9.72. The Morgan fingerprint density at radius 1 is 0.973 bits per heavy atom. The normalized spacial score (nSPS) is 20.9. The third kappa shape index (κ3) is 4.77. The van der Waals surface area contributed by atoms with Crippen LogP contribution in [0, 0.1) is 11.6 Å². The summed E-state index contributed by atoms with van der Waals surface area (Å²) >= 11 is 0. The van der Waals surface area contributed by atoms with Crippen molar-refractivity contribution in [1.29, 1.82) is 0 Å². The van der Waals surface area contributed by atoms with Gasteiger partial charge in [-0.15, -0.1) is 5.10 Å². The molecule has 6 rings (SSSR count). The van der Waals surface area contributed by atoms with E-state index >= 15 is 0 Å². The molecule has 3 aromatic heterocycles. The molecule has 0 N–H and O–H groups in total. The molecular weight excluding hydrogens is 477 g/mol. The minimum atomic E-state index is -1.16. The van der Waals surface area contributed by atoms with Gasteiger partial charge in [-0.05, 0) is 72.9 Å². The van der Waals surface area contributed by atoms with Crippen molar-refractivity contribution in [3.8, 4) is 0 Å². The average Bonchev–Trinajstić information content (AvgIpc) is 3.52. The lowest BCUT2D eigenvalue weighted by Gasteiger charge is -2.31. The van der Waals surface area contributed by atoms with Gasteiger partial charge in [-0.3, -0.25) is 4.98 Å². The first-order valence-electron chi connectivity index (χ1n) is 12.6. The molecule has 2 aliphatic rings. The number of hydrogen-bond acceptors (Lipinski definition) is 5. The average molecular weight is 505 g/mol. The van der Waals surface area contributed by atoms with Gasteiger partial charge in [0.25, 0.3) is 0 Å². The van der Waals surface area contributed by atoms with Crippen molar-refractivity contribution in [3.63, 3.8) is 0 Å². The summed E-state index contributed by atoms with van der Waals surface area (Å²) in [6.45, 7) is 1.96. The lowest BCUT2D eigenvalue weighted by atomic mass is 9.90. The zero-order chi connectivity index (χ0) is 25.4. The first-order chi connectivity index (χ1) is 18.0. The predicted octanol–water partition coefficient (Wildman–Crippen LogP) is 5.54. The quantitative estimate of drug-likeness (QED) is 0.357. The molecule has 6 nitrogen and oxygen atoms in total. The van der Waals surface area contributed by atoms with Crippen LogP contribution >= 0.6 is 0 Å². The summed E-state index contributed by atoms with van der Waals surface area (Å²) in [7, 11) is 0. The summed E-state index contributed by atoms with van der Waals surface area (Å²) in [5.41, 5.74) is 2.93. The van der Waals surface area contributed by atoms with E-state index in [1.54, 1.807) is 21.7 Å². The van der Waals surface area contributed by atoms with Crippen molar-refractivity contribution in [2.45, 2.75) is 37.4 Å². The Morgan fingerprint density at radius 3 is 2.59 bits per heavy atom. The van der Waals surface area contributed by atoms with Crippen LogP contribution in [0.2, 0.25) is 0 Å². The summed E-state index contributed by atoms with van der Waals surface area (Å²) in [5.74, 6) is -0.0603. The Hall–Kier alpha value is -3.88. The number of pyridine rings is 1. The molecule has 37 heavy (non-hydrogen) atoms. The lowest BCUT2D eigenvalue weighted by Crippen LogP contribution is -2.28. The molecule has 2 fully saturated rings. The first kappa shape index (κ1) is 23.5. The van der Waals surface area contributed by atoms with Crippen LogP contribution in [0.4, 0.5) is 19.0 Å². The molecule has 0 spiro atoms. The molecule has 9 heteroatoms. The molecular formula is C28H27F3N6. The fourth-order valence-electron chi connectivity index (χ4n) is 5.45. The minimum Gasteiger partial charge on any atom is -0.377 e. The monoisotopic (exact) mass is 504 g/mol. The summed E-state index contributed by atoms with van der Waals surface area (Å²) in [6, 6.07) is 10.4. The highest BCUT2D eigenvalue weighted by molar-refractivity contribution is 5.55. The molecule has 5 heterocycles. The third-order valence-electron chi connectivity index (χ3n) is 7.40. The highest BCUT2D eigenvalue weighted by Crippen LogP contribution is 2.38. The maximum Gasteiger partial charge on any atom is 0.154 e. The number of hydrogen-bond donors (Lipinski definition) is 0. The second-order valence-corrected chi connectivity index (χ2v) is 9.72. The van der Waals surface area contributed by atoms with Gasteiger partial charge in [0.2, 0.25) is 0 Å². The van der Waals surface area contributed by atoms with Crippen LogP contribution in [0.3, 0.4) is 0 Å². The summed E-state index contributed by atoms with van der Waals surface area (Å²) in [5, 5.41) is 4.72. The van der Waals surface area contributed by atoms with Crippen molar-refractivity contribution in [3.05, 3.63) is 95.7 Å². The number of halogens is 3. The number of anilines is 1. The molecule has 1 aromatic carbocycles. The number of fused-ring (bicyclic) bond motifs is 1. The largest absolute Gasteiger partial charge is 0.377 e. The maximum absolute atomic E-state index is 14.5. The van der Waals surface area contributed by atoms with Gasteiger partial charge in [-0.2, -0.15) is 0 Å². The highest BCUT2D eigenvalue weighted by atomic mass is 19.1. The summed E-state index contributed by atoms with van der Waals surface area (Å²) in [4.78, 5) is 12.6. The van der Waals surface area contributed by atoms with E-state index in [2.05, 4.69) is 33.2 Å². The molecule has 0 amide bonds. The smallest absolute Gasteiger partial charge is 0.154 e. The summed E-state index contributed by atoms with van der Waals surface area (Å²) in [6.07, 6.45) is 10.5. The molecule has 190 valence electrons. The van der Waals surface area contributed by atoms with E-state index in [-0.39, 0.29) is 18.5 Å². The Morgan fingerprint density at radius 2 is 1.78 bits per heavy atom. The van der Waals surface area contributed by atoms with Gasteiger partial charge in [0, 0.05) is 43.7 Å². The fourth-order valence-corrected chi connectivity index (χ4v) is 5.45. The molecule has 0 bridgehead atoms. The third-order valence-corrected chi connectivity index (χ3v) is 7.40. The van der Waals surface area contributed by atoms with Crippen molar-refractivity contribution in [2.24, 2.45) is 0 Å². The maximum atomic E-state index is 14.5. The topological polar surface area (TPSA) is 49.6 Å². The van der Waals surface area contributed by atoms with E-state index in [0.717, 1.165) is 49.8 Å². The van der Waals surface area contributed by atoms with Gasteiger partial charge in [-0.25, -0.2) is 22.7 Å². The van der Waals surface area contributed by atoms with Crippen molar-refractivity contribution in [1.82, 2.24) is 24.5 Å². The Balaban J connectivity index is 1.21. The molecule has 0 unspecified atom stereocenters. The van der Waals surface area contributed by atoms with Crippen LogP contribution < -0.4 is 4.90 Å². The number of benzene rings is 1. The number of aromatic nitrogens is 4. The molecule has 0 radical (unpaired) electrons. The predicted molar refractivity (Wildman–Crippen MR) is 136 cm³/mol. The minimum absolute atomic E-state index is 0.0609. The van der Waals surface area contributed by atoms with E-state index in [9.17, 15) is 13.2 Å². The Labute approximate surface area is 213 Å². The molecule has 2 saturated heterocycles. The van der Waals surface area contributed by atoms with Gasteiger partial charge in [0.1, 0.15) is 23.6 Å². The standard InChI is InChI=1S/C28H27F3N6/c29-21-1-2-25(31)24(15-21)26-16-22(30)18-36(26)28-4-3-27-33-17-23(37(27)34-28)9-14-35-12-7-20(8-13-35)19-5-10-32-11-6-19/h1-6,9-11,14-15,17,20,22,26H,7-8,12-13,16,18H2/b14-9+/t22-,26+/m0/s1. The molecule has 4 aromatic rings. The van der Waals surface area contributed by atoms with Crippen LogP contribution in [0.1, 0.15) is 48.0 Å². The van der Waals surface area contributed by atoms with Gasteiger partial charge in [0.05, 0.1) is 24.5 Å². The number of imidazole rings is 1. The van der Waals surface area contributed by atoms with E-state index in [0.29, 0.717) is 17.4 Å². The van der Waals surface area contributed by atoms with Crippen LogP contribution in [0.25, 0.3) is 11.7 Å². The zero-order valence-corrected chi connectivity index (χ0v) is 20.2. The van der Waals surface area contributed by atoms with Crippen LogP contribution in [0.5, 0.6) is 0 Å². The van der Waals surface area contributed by atoms with Gasteiger partial charge < -0.3 is 9.80 Å². The van der Waals surface area contributed by atoms with Crippen molar-refractivity contribution < 1.29 is 13.2 Å². The molecule has 0 saturated carbocycles. The lowest BCUT2D eigenvalue weighted by molar-refractivity contribution is 0.285. The van der Waals surface area contributed by atoms with E-state index in [1.807, 2.05) is 24.5 Å². The molecule has 2 atom stereocenters. The fraction of sp³-hybridized carbons (Fsp3) is 0.321. The first-order valence-corrected chi connectivity index (χ1v) is 12.6. The second kappa shape index (κ2) is 9.88. The SMILES string of the molecule is Fc1ccc(F)c([C@H]2C[C@H](F)CN2c2ccc3ncc(/C=C/N4CCC(c5ccncc5)CC4)n3n2)c1. The van der Waals surface area contributed by atoms with Gasteiger partial charge in [-0.1, -0.05) is 0 Å². The number of likely N-dealkylation sites (tertiary alicyclic amines) is 1. The Bertz CT molecular complexity index is 1410. The molecule has 0 aliphatic carbocycles. The van der Waals surface area contributed by atoms with E-state index < -0.39 is 23.8 Å². The van der Waals surface area contributed by atoms with E-state index in [1.165, 1.54) is 5.56 Å². The van der Waals surface area contributed by atoms with E-state index in [4.69, 9.17) is 5.10 Å². The van der Waals surface area contributed by atoms with Gasteiger partial charge in [0.15, 0.2) is 5.65 Å². The van der Waals surface area contributed by atoms with Gasteiger partial charge >= 0.3 is 0 Å². The number of nitrogens with zero attached hydrogens (tertiary/aromatic N) is 6. The Kier molecular flexibility index (Phi) is 6.28. The van der Waals surface area contributed by atoms with Crippen LogP contribution in [-0.2, 0) is 0 Å². The highest BCUT2D eigenvalue weighted by Gasteiger charge is 2.36. The van der Waals surface area contributed by atoms with Crippen LogP contribution in [0.15, 0.2) is 67.3 Å². The number of rotatable bonds is 5. The van der Waals surface area contributed by atoms with Crippen LogP contribution in [-0.4, -0.2) is 50.3 Å². The van der Waals surface area contributed by atoms with Crippen molar-refractivity contribution >= 4 is 17.5 Å².